The molecule has 0 fully saturated rings. The zero-order valence-corrected chi connectivity index (χ0v) is 10.8. The van der Waals surface area contributed by atoms with Crippen LogP contribution in [-0.4, -0.2) is 23.6 Å². The Kier molecular flexibility index (Phi) is 3.93. The van der Waals surface area contributed by atoms with Crippen molar-refractivity contribution in [3.05, 3.63) is 34.3 Å². The molecule has 2 N–H and O–H groups in total. The Morgan fingerprint density at radius 1 is 1.24 bits per heavy atom. The number of hydrogen-bond acceptors (Lipinski definition) is 5. The van der Waals surface area contributed by atoms with Crippen LogP contribution in [0.15, 0.2) is 23.6 Å². The highest BCUT2D eigenvalue weighted by atomic mass is 32.1. The number of aromatic nitrogens is 2. The van der Waals surface area contributed by atoms with Gasteiger partial charge in [0.25, 0.3) is 0 Å². The number of hydrogen-bond donors (Lipinski definition) is 2. The van der Waals surface area contributed by atoms with Gasteiger partial charge in [-0.05, 0) is 19.1 Å². The number of aryl methyl sites for hydroxylation is 1. The van der Waals surface area contributed by atoms with Crippen molar-refractivity contribution in [1.29, 1.82) is 0 Å². The van der Waals surface area contributed by atoms with E-state index in [4.69, 9.17) is 0 Å². The lowest BCUT2D eigenvalue weighted by Crippen LogP contribution is -2.07. The average molecular weight is 248 g/mol. The van der Waals surface area contributed by atoms with E-state index in [1.807, 2.05) is 32.2 Å². The van der Waals surface area contributed by atoms with E-state index >= 15 is 0 Å². The SMILES string of the molecule is CNc1cccc(NCCc2csc(C)n2)n1. The van der Waals surface area contributed by atoms with Crippen molar-refractivity contribution < 1.29 is 0 Å². The molecule has 0 bridgehead atoms. The smallest absolute Gasteiger partial charge is 0.128 e. The van der Waals surface area contributed by atoms with Gasteiger partial charge in [-0.3, -0.25) is 0 Å². The molecule has 2 aromatic heterocycles. The van der Waals surface area contributed by atoms with Gasteiger partial charge >= 0.3 is 0 Å². The van der Waals surface area contributed by atoms with Crippen LogP contribution in [0, 0.1) is 6.92 Å². The first-order valence-corrected chi connectivity index (χ1v) is 6.45. The maximum absolute atomic E-state index is 4.42. The van der Waals surface area contributed by atoms with Gasteiger partial charge < -0.3 is 10.6 Å². The van der Waals surface area contributed by atoms with Gasteiger partial charge in [0.15, 0.2) is 0 Å². The molecule has 0 radical (unpaired) electrons. The third-order valence-corrected chi connectivity index (χ3v) is 3.18. The van der Waals surface area contributed by atoms with Crippen LogP contribution in [-0.2, 0) is 6.42 Å². The Bertz CT molecular complexity index is 481. The first kappa shape index (κ1) is 11.9. The van der Waals surface area contributed by atoms with Crippen LogP contribution < -0.4 is 10.6 Å². The maximum atomic E-state index is 4.42. The molecule has 4 nitrogen and oxygen atoms in total. The number of thiazole rings is 1. The molecule has 0 saturated carbocycles. The highest BCUT2D eigenvalue weighted by Crippen LogP contribution is 2.10. The van der Waals surface area contributed by atoms with Gasteiger partial charge in [-0.25, -0.2) is 9.97 Å². The van der Waals surface area contributed by atoms with Crippen molar-refractivity contribution in [1.82, 2.24) is 9.97 Å². The summed E-state index contributed by atoms with van der Waals surface area (Å²) in [6.45, 7) is 2.88. The van der Waals surface area contributed by atoms with Crippen molar-refractivity contribution >= 4 is 23.0 Å². The first-order valence-electron chi connectivity index (χ1n) is 5.57. The molecule has 2 rings (SSSR count). The molecule has 0 aliphatic rings. The first-order chi connectivity index (χ1) is 8.28. The Morgan fingerprint density at radius 2 is 2.06 bits per heavy atom. The van der Waals surface area contributed by atoms with E-state index in [0.29, 0.717) is 0 Å². The van der Waals surface area contributed by atoms with E-state index in [9.17, 15) is 0 Å². The van der Waals surface area contributed by atoms with Crippen LogP contribution in [0.1, 0.15) is 10.7 Å². The predicted octanol–water partition coefficient (Wildman–Crippen LogP) is 2.54. The summed E-state index contributed by atoms with van der Waals surface area (Å²) < 4.78 is 0. The normalized spacial score (nSPS) is 10.2. The fraction of sp³-hybridized carbons (Fsp3) is 0.333. The molecule has 0 aromatic carbocycles. The predicted molar refractivity (Wildman–Crippen MR) is 72.8 cm³/mol. The van der Waals surface area contributed by atoms with Crippen LogP contribution in [0.2, 0.25) is 0 Å². The zero-order valence-electron chi connectivity index (χ0n) is 10.0. The lowest BCUT2D eigenvalue weighted by atomic mass is 10.3. The summed E-state index contributed by atoms with van der Waals surface area (Å²) in [5, 5.41) is 9.53. The van der Waals surface area contributed by atoms with Gasteiger partial charge in [-0.1, -0.05) is 6.07 Å². The molecule has 5 heteroatoms. The number of rotatable bonds is 5. The molecule has 90 valence electrons. The van der Waals surface area contributed by atoms with Crippen LogP contribution in [0.4, 0.5) is 11.6 Å². The maximum Gasteiger partial charge on any atom is 0.128 e. The zero-order chi connectivity index (χ0) is 12.1. The minimum atomic E-state index is 0.851. The number of nitrogens with one attached hydrogen (secondary N) is 2. The monoisotopic (exact) mass is 248 g/mol. The molecule has 0 saturated heterocycles. The van der Waals surface area contributed by atoms with Gasteiger partial charge in [-0.2, -0.15) is 0 Å². The lowest BCUT2D eigenvalue weighted by molar-refractivity contribution is 0.961. The Morgan fingerprint density at radius 3 is 2.76 bits per heavy atom. The molecular formula is C12H16N4S. The highest BCUT2D eigenvalue weighted by molar-refractivity contribution is 7.09. The van der Waals surface area contributed by atoms with Gasteiger partial charge in [0.2, 0.25) is 0 Å². The molecule has 0 aliphatic heterocycles. The number of nitrogens with zero attached hydrogens (tertiary/aromatic N) is 2. The number of pyridine rings is 1. The summed E-state index contributed by atoms with van der Waals surface area (Å²) in [4.78, 5) is 8.81. The summed E-state index contributed by atoms with van der Waals surface area (Å²) in [7, 11) is 1.87. The summed E-state index contributed by atoms with van der Waals surface area (Å²) in [6.07, 6.45) is 0.926. The highest BCUT2D eigenvalue weighted by Gasteiger charge is 1.99. The summed E-state index contributed by atoms with van der Waals surface area (Å²) in [5.41, 5.74) is 1.14. The van der Waals surface area contributed by atoms with Crippen LogP contribution in [0.5, 0.6) is 0 Å². The Balaban J connectivity index is 1.85. The van der Waals surface area contributed by atoms with E-state index in [1.54, 1.807) is 11.3 Å². The molecule has 0 aliphatic carbocycles. The molecular weight excluding hydrogens is 232 g/mol. The van der Waals surface area contributed by atoms with Gasteiger partial charge in [0.05, 0.1) is 10.7 Å². The lowest BCUT2D eigenvalue weighted by Gasteiger charge is -2.06. The summed E-state index contributed by atoms with van der Waals surface area (Å²) >= 11 is 1.69. The van der Waals surface area contributed by atoms with Gasteiger partial charge in [-0.15, -0.1) is 11.3 Å². The second kappa shape index (κ2) is 5.63. The molecule has 0 spiro atoms. The molecule has 0 amide bonds. The number of anilines is 2. The van der Waals surface area contributed by atoms with Crippen molar-refractivity contribution in [3.8, 4) is 0 Å². The third kappa shape index (κ3) is 3.42. The van der Waals surface area contributed by atoms with E-state index in [-0.39, 0.29) is 0 Å². The molecule has 2 heterocycles. The summed E-state index contributed by atoms with van der Waals surface area (Å²) in [5.74, 6) is 1.77. The van der Waals surface area contributed by atoms with Crippen LogP contribution >= 0.6 is 11.3 Å². The van der Waals surface area contributed by atoms with Gasteiger partial charge in [0.1, 0.15) is 11.6 Å². The van der Waals surface area contributed by atoms with Crippen LogP contribution in [0.3, 0.4) is 0 Å². The molecule has 0 unspecified atom stereocenters. The van der Waals surface area contributed by atoms with E-state index in [1.165, 1.54) is 0 Å². The Labute approximate surface area is 105 Å². The second-order valence-corrected chi connectivity index (χ2v) is 4.75. The average Bonchev–Trinajstić information content (AvgIpc) is 2.75. The molecule has 0 atom stereocenters. The standard InChI is InChI=1S/C12H16N4S/c1-9-15-10(8-17-9)6-7-14-12-5-3-4-11(13-2)16-12/h3-5,8H,6-7H2,1-2H3,(H2,13,14,16). The Hall–Kier alpha value is -1.62. The van der Waals surface area contributed by atoms with Crippen molar-refractivity contribution in [2.75, 3.05) is 24.2 Å². The van der Waals surface area contributed by atoms with Crippen molar-refractivity contribution in [3.63, 3.8) is 0 Å². The van der Waals surface area contributed by atoms with Crippen LogP contribution in [0.25, 0.3) is 0 Å². The van der Waals surface area contributed by atoms with Gasteiger partial charge in [0, 0.05) is 25.4 Å². The topological polar surface area (TPSA) is 49.8 Å². The second-order valence-electron chi connectivity index (χ2n) is 3.69. The minimum Gasteiger partial charge on any atom is -0.373 e. The minimum absolute atomic E-state index is 0.851. The largest absolute Gasteiger partial charge is 0.373 e. The quantitative estimate of drug-likeness (QED) is 0.853. The summed E-state index contributed by atoms with van der Waals surface area (Å²) in [6, 6.07) is 5.89. The fourth-order valence-electron chi connectivity index (χ4n) is 1.51. The van der Waals surface area contributed by atoms with E-state index in [2.05, 4.69) is 26.0 Å². The molecule has 2 aromatic rings. The van der Waals surface area contributed by atoms with Crippen molar-refractivity contribution in [2.24, 2.45) is 0 Å². The fourth-order valence-corrected chi connectivity index (χ4v) is 2.16. The van der Waals surface area contributed by atoms with Crippen molar-refractivity contribution in [2.45, 2.75) is 13.3 Å². The van der Waals surface area contributed by atoms with E-state index in [0.717, 1.165) is 35.3 Å². The third-order valence-electron chi connectivity index (χ3n) is 2.36. The van der Waals surface area contributed by atoms with E-state index < -0.39 is 0 Å². The molecule has 17 heavy (non-hydrogen) atoms.